The molecule has 1 aromatic rings. The largest absolute Gasteiger partial charge is 0.497 e. The minimum absolute atomic E-state index is 0.0248. The maximum atomic E-state index is 12.4. The molecule has 1 unspecified atom stereocenters. The summed E-state index contributed by atoms with van der Waals surface area (Å²) in [5, 5.41) is 3.10. The first-order valence-corrected chi connectivity index (χ1v) is 8.52. The van der Waals surface area contributed by atoms with Crippen LogP contribution in [0, 0.1) is 0 Å². The number of benzene rings is 1. The third kappa shape index (κ3) is 5.69. The summed E-state index contributed by atoms with van der Waals surface area (Å²) in [6.45, 7) is 7.04. The van der Waals surface area contributed by atoms with Crippen LogP contribution in [-0.4, -0.2) is 75.4 Å². The second-order valence-corrected chi connectivity index (χ2v) is 6.23. The van der Waals surface area contributed by atoms with Crippen LogP contribution in [0.15, 0.2) is 24.3 Å². The topological polar surface area (TPSA) is 54.0 Å². The Morgan fingerprint density at radius 2 is 2.00 bits per heavy atom. The van der Waals surface area contributed by atoms with Crippen molar-refractivity contribution in [2.24, 2.45) is 0 Å². The summed E-state index contributed by atoms with van der Waals surface area (Å²) in [7, 11) is 3.38. The monoisotopic (exact) mass is 335 g/mol. The lowest BCUT2D eigenvalue weighted by atomic mass is 10.1. The first-order valence-electron chi connectivity index (χ1n) is 8.52. The number of amides is 2. The van der Waals surface area contributed by atoms with E-state index in [0.717, 1.165) is 57.1 Å². The number of urea groups is 1. The first kappa shape index (κ1) is 18.5. The fourth-order valence-corrected chi connectivity index (χ4v) is 2.90. The lowest BCUT2D eigenvalue weighted by Gasteiger charge is -2.35. The lowest BCUT2D eigenvalue weighted by molar-refractivity contribution is 0.105. The Morgan fingerprint density at radius 3 is 2.67 bits per heavy atom. The predicted octanol–water partition coefficient (Wildman–Crippen LogP) is 1.60. The van der Waals surface area contributed by atoms with E-state index in [1.165, 1.54) is 0 Å². The van der Waals surface area contributed by atoms with E-state index in [1.807, 2.05) is 30.0 Å². The highest BCUT2D eigenvalue weighted by Crippen LogP contribution is 2.14. The number of ether oxygens (including phenoxy) is 2. The number of hydrogen-bond donors (Lipinski definition) is 1. The zero-order valence-corrected chi connectivity index (χ0v) is 15.0. The fourth-order valence-electron chi connectivity index (χ4n) is 2.90. The third-order valence-corrected chi connectivity index (χ3v) is 4.32. The summed E-state index contributed by atoms with van der Waals surface area (Å²) in [5.41, 5.74) is 1.16. The van der Waals surface area contributed by atoms with Gasteiger partial charge >= 0.3 is 6.03 Å². The molecule has 134 valence electrons. The molecule has 0 saturated carbocycles. The molecule has 0 spiro atoms. The standard InChI is InChI=1S/C18H29N3O3/c1-15(13-16-5-4-6-17(14-16)24-3)19-18(22)21-9-7-20(8-10-21)11-12-23-2/h4-6,14-15H,7-13H2,1-3H3,(H,19,22). The fraction of sp³-hybridized carbons (Fsp3) is 0.611. The van der Waals surface area contributed by atoms with E-state index in [0.29, 0.717) is 0 Å². The minimum atomic E-state index is 0.0248. The van der Waals surface area contributed by atoms with Crippen molar-refractivity contribution in [2.75, 3.05) is 53.6 Å². The Kier molecular flexibility index (Phi) is 7.34. The van der Waals surface area contributed by atoms with Gasteiger partial charge in [0.1, 0.15) is 5.75 Å². The van der Waals surface area contributed by atoms with Crippen molar-refractivity contribution in [1.29, 1.82) is 0 Å². The number of nitrogens with one attached hydrogen (secondary N) is 1. The van der Waals surface area contributed by atoms with Crippen molar-refractivity contribution in [1.82, 2.24) is 15.1 Å². The maximum Gasteiger partial charge on any atom is 0.317 e. The van der Waals surface area contributed by atoms with Gasteiger partial charge in [0.15, 0.2) is 0 Å². The molecule has 1 aromatic carbocycles. The molecule has 0 bridgehead atoms. The molecule has 24 heavy (non-hydrogen) atoms. The normalized spacial score (nSPS) is 16.7. The second kappa shape index (κ2) is 9.49. The lowest BCUT2D eigenvalue weighted by Crippen LogP contribution is -2.53. The van der Waals surface area contributed by atoms with Gasteiger partial charge in [-0.3, -0.25) is 4.90 Å². The van der Waals surface area contributed by atoms with E-state index in [-0.39, 0.29) is 12.1 Å². The Hall–Kier alpha value is -1.79. The molecule has 6 nitrogen and oxygen atoms in total. The number of rotatable bonds is 7. The molecule has 1 heterocycles. The van der Waals surface area contributed by atoms with Crippen molar-refractivity contribution in [3.05, 3.63) is 29.8 Å². The Bertz CT molecular complexity index is 516. The number of piperazine rings is 1. The second-order valence-electron chi connectivity index (χ2n) is 6.23. The third-order valence-electron chi connectivity index (χ3n) is 4.32. The quantitative estimate of drug-likeness (QED) is 0.822. The molecule has 2 amide bonds. The van der Waals surface area contributed by atoms with E-state index in [9.17, 15) is 4.79 Å². The number of methoxy groups -OCH3 is 2. The van der Waals surface area contributed by atoms with Crippen molar-refractivity contribution in [2.45, 2.75) is 19.4 Å². The van der Waals surface area contributed by atoms with Crippen LogP contribution >= 0.6 is 0 Å². The van der Waals surface area contributed by atoms with Gasteiger partial charge in [-0.25, -0.2) is 4.79 Å². The van der Waals surface area contributed by atoms with Crippen LogP contribution in [0.25, 0.3) is 0 Å². The zero-order valence-electron chi connectivity index (χ0n) is 15.0. The molecule has 0 aliphatic carbocycles. The number of nitrogens with zero attached hydrogens (tertiary/aromatic N) is 2. The van der Waals surface area contributed by atoms with Crippen LogP contribution < -0.4 is 10.1 Å². The van der Waals surface area contributed by atoms with Crippen molar-refractivity contribution >= 4 is 6.03 Å². The van der Waals surface area contributed by atoms with Crippen LogP contribution in [0.2, 0.25) is 0 Å². The average Bonchev–Trinajstić information content (AvgIpc) is 2.60. The van der Waals surface area contributed by atoms with E-state index < -0.39 is 0 Å². The van der Waals surface area contributed by atoms with Crippen molar-refractivity contribution < 1.29 is 14.3 Å². The van der Waals surface area contributed by atoms with Crippen LogP contribution in [0.4, 0.5) is 4.79 Å². The highest BCUT2D eigenvalue weighted by atomic mass is 16.5. The van der Waals surface area contributed by atoms with E-state index in [1.54, 1.807) is 14.2 Å². The highest BCUT2D eigenvalue weighted by Gasteiger charge is 2.21. The van der Waals surface area contributed by atoms with Gasteiger partial charge in [0.25, 0.3) is 0 Å². The molecular formula is C18H29N3O3. The number of hydrogen-bond acceptors (Lipinski definition) is 4. The average molecular weight is 335 g/mol. The SMILES string of the molecule is COCCN1CCN(C(=O)NC(C)Cc2cccc(OC)c2)CC1. The number of carbonyl (C=O) groups is 1. The van der Waals surface area contributed by atoms with Crippen molar-refractivity contribution in [3.63, 3.8) is 0 Å². The Morgan fingerprint density at radius 1 is 1.25 bits per heavy atom. The van der Waals surface area contributed by atoms with Crippen LogP contribution in [0.5, 0.6) is 5.75 Å². The Labute approximate surface area is 144 Å². The minimum Gasteiger partial charge on any atom is -0.497 e. The van der Waals surface area contributed by atoms with Gasteiger partial charge in [0, 0.05) is 45.9 Å². The summed E-state index contributed by atoms with van der Waals surface area (Å²) >= 11 is 0. The van der Waals surface area contributed by atoms with E-state index in [4.69, 9.17) is 9.47 Å². The molecule has 1 aliphatic heterocycles. The van der Waals surface area contributed by atoms with Crippen LogP contribution in [-0.2, 0) is 11.2 Å². The van der Waals surface area contributed by atoms with E-state index >= 15 is 0 Å². The number of carbonyl (C=O) groups excluding carboxylic acids is 1. The van der Waals surface area contributed by atoms with Crippen LogP contribution in [0.1, 0.15) is 12.5 Å². The molecule has 1 N–H and O–H groups in total. The van der Waals surface area contributed by atoms with Gasteiger partial charge in [-0.15, -0.1) is 0 Å². The Balaban J connectivity index is 1.75. The summed E-state index contributed by atoms with van der Waals surface area (Å²) in [6, 6.07) is 8.07. The van der Waals surface area contributed by atoms with Crippen molar-refractivity contribution in [3.8, 4) is 5.75 Å². The summed E-state index contributed by atoms with van der Waals surface area (Å²) in [4.78, 5) is 16.6. The molecule has 2 rings (SSSR count). The smallest absolute Gasteiger partial charge is 0.317 e. The molecule has 0 radical (unpaired) electrons. The molecule has 1 aliphatic rings. The molecule has 1 fully saturated rings. The van der Waals surface area contributed by atoms with E-state index in [2.05, 4.69) is 16.3 Å². The van der Waals surface area contributed by atoms with Crippen LogP contribution in [0.3, 0.4) is 0 Å². The summed E-state index contributed by atoms with van der Waals surface area (Å²) in [6.07, 6.45) is 0.788. The summed E-state index contributed by atoms with van der Waals surface area (Å²) in [5.74, 6) is 0.846. The van der Waals surface area contributed by atoms with Gasteiger partial charge in [-0.1, -0.05) is 12.1 Å². The van der Waals surface area contributed by atoms with Gasteiger partial charge in [0.05, 0.1) is 13.7 Å². The first-order chi connectivity index (χ1) is 11.6. The zero-order chi connectivity index (χ0) is 17.4. The predicted molar refractivity (Wildman–Crippen MR) is 94.6 cm³/mol. The molecule has 1 atom stereocenters. The molecule has 6 heteroatoms. The molecule has 1 saturated heterocycles. The highest BCUT2D eigenvalue weighted by molar-refractivity contribution is 5.74. The van der Waals surface area contributed by atoms with Gasteiger partial charge < -0.3 is 19.7 Å². The molecular weight excluding hydrogens is 306 g/mol. The van der Waals surface area contributed by atoms with Gasteiger partial charge in [-0.05, 0) is 31.0 Å². The molecule has 0 aromatic heterocycles. The van der Waals surface area contributed by atoms with Gasteiger partial charge in [0.2, 0.25) is 0 Å². The summed E-state index contributed by atoms with van der Waals surface area (Å²) < 4.78 is 10.3. The maximum absolute atomic E-state index is 12.4. The van der Waals surface area contributed by atoms with Gasteiger partial charge in [-0.2, -0.15) is 0 Å².